The summed E-state index contributed by atoms with van der Waals surface area (Å²) in [5, 5.41) is 60.3. The Labute approximate surface area is 815 Å². The van der Waals surface area contributed by atoms with E-state index in [1.54, 1.807) is 0 Å². The van der Waals surface area contributed by atoms with Crippen molar-refractivity contribution in [1.29, 1.82) is 21.0 Å². The standard InChI is InChI=1S/C44H24N4O.2C43H25N3O/c45-25-27-20-21-32(40(24-27)48-36-17-6-4-13-30(36)31-14-5-7-18-37(31)48)33-15-9-16-34-35-22-23-39-42(44(35)49-43(33)34)41-28(26-46)10-8-19-38(41)47(39)29-11-2-1-3-12-29;44-26-27-12-10-23-38(46-35-20-7-4-15-29(35)30-16-5-8-21-36(30)46)40(27)34-19-11-18-31-32-24-25-39-41(43(32)47-42(31)34)33-17-6-9-22-37(33)45(39)28-13-2-1-3-14-28;44-26-27-21-23-39(46-36-18-7-4-13-29(36)30-14-5-8-19-37(30)46)35(25-27)32-17-10-16-31-33-22-24-40-41(43(33)47-42(31)32)34-15-6-9-20-38(34)45(40)28-11-2-1-3-12-28/h1-24H;2*1-25H. The molecule has 0 bridgehead atoms. The van der Waals surface area contributed by atoms with E-state index < -0.39 is 0 Å². The highest BCUT2D eigenvalue weighted by molar-refractivity contribution is 6.29. The molecule has 9 heterocycles. The van der Waals surface area contributed by atoms with Crippen molar-refractivity contribution in [2.24, 2.45) is 0 Å². The van der Waals surface area contributed by atoms with Crippen LogP contribution in [0.1, 0.15) is 22.3 Å². The third-order valence-corrected chi connectivity index (χ3v) is 28.9. The first-order chi connectivity index (χ1) is 70.9. The Balaban J connectivity index is 0.000000105. The van der Waals surface area contributed by atoms with E-state index in [1.807, 2.05) is 84.9 Å². The highest BCUT2D eigenvalue weighted by atomic mass is 16.3. The summed E-state index contributed by atoms with van der Waals surface area (Å²) in [6.45, 7) is 0. The summed E-state index contributed by atoms with van der Waals surface area (Å²) in [5.74, 6) is 0. The molecular formula is C130H74N10O3. The fourth-order valence-corrected chi connectivity index (χ4v) is 23.0. The minimum absolute atomic E-state index is 0.580. The van der Waals surface area contributed by atoms with Gasteiger partial charge in [0.1, 0.15) is 33.5 Å². The van der Waals surface area contributed by atoms with Crippen LogP contribution in [0.4, 0.5) is 0 Å². The van der Waals surface area contributed by atoms with Crippen LogP contribution in [0.25, 0.3) is 264 Å². The summed E-state index contributed by atoms with van der Waals surface area (Å²) in [5.41, 5.74) is 31.7. The van der Waals surface area contributed by atoms with E-state index in [1.165, 1.54) is 21.5 Å². The Hall–Kier alpha value is -20.2. The monoisotopic (exact) mass is 1820 g/mol. The number of hydrogen-bond donors (Lipinski definition) is 0. The van der Waals surface area contributed by atoms with Gasteiger partial charge in [-0.2, -0.15) is 21.0 Å². The van der Waals surface area contributed by atoms with Crippen molar-refractivity contribution in [1.82, 2.24) is 27.4 Å². The molecule has 662 valence electrons. The fraction of sp³-hybridized carbons (Fsp3) is 0. The van der Waals surface area contributed by atoms with Crippen molar-refractivity contribution >= 4 is 197 Å². The average molecular weight is 1820 g/mol. The Bertz CT molecular complexity index is 10700. The van der Waals surface area contributed by atoms with Gasteiger partial charge >= 0.3 is 0 Å². The van der Waals surface area contributed by atoms with Crippen LogP contribution in [0.5, 0.6) is 0 Å². The number of para-hydroxylation sites is 14. The predicted molar refractivity (Wildman–Crippen MR) is 582 cm³/mol. The maximum absolute atomic E-state index is 10.5. The zero-order valence-corrected chi connectivity index (χ0v) is 76.4. The molecule has 0 atom stereocenters. The van der Waals surface area contributed by atoms with Gasteiger partial charge in [0, 0.05) is 131 Å². The predicted octanol–water partition coefficient (Wildman–Crippen LogP) is 33.8. The molecule has 0 radical (unpaired) electrons. The second kappa shape index (κ2) is 32.2. The van der Waals surface area contributed by atoms with Crippen LogP contribution in [0.15, 0.2) is 462 Å². The SMILES string of the molecule is N#Cc1ccc(-c2cccc3c2oc2c3ccc3c2c2c(C#N)cccc2n3-c2ccccc2)c(-n2c3ccccc3c3ccccc32)c1.N#Cc1ccc(-n2c3ccccc3c3ccccc32)c(-c2cccc3c2oc2c3ccc3c2c2ccccc2n3-c2ccccc2)c1.N#Cc1cccc(-n2c3ccccc3c3ccccc32)c1-c1cccc2c1oc1c2ccc2c1c1ccccc1n2-c1ccccc1. The molecule has 0 N–H and O–H groups in total. The Morgan fingerprint density at radius 2 is 0.462 bits per heavy atom. The third-order valence-electron chi connectivity index (χ3n) is 28.9. The zero-order valence-electron chi connectivity index (χ0n) is 76.4. The number of benzene rings is 21. The number of fused-ring (bicyclic) bond motifs is 30. The van der Waals surface area contributed by atoms with Crippen LogP contribution >= 0.6 is 0 Å². The first-order valence-corrected chi connectivity index (χ1v) is 47.7. The Kier molecular flexibility index (Phi) is 18.3. The summed E-state index contributed by atoms with van der Waals surface area (Å²) < 4.78 is 34.8. The van der Waals surface area contributed by atoms with Crippen molar-refractivity contribution in [3.63, 3.8) is 0 Å². The largest absolute Gasteiger partial charge is 0.455 e. The molecular weight excluding hydrogens is 1750 g/mol. The lowest BCUT2D eigenvalue weighted by atomic mass is 9.96. The van der Waals surface area contributed by atoms with Gasteiger partial charge in [0.15, 0.2) is 0 Å². The van der Waals surface area contributed by atoms with E-state index in [4.69, 9.17) is 13.3 Å². The smallest absolute Gasteiger partial charge is 0.145 e. The van der Waals surface area contributed by atoms with Gasteiger partial charge in [0.2, 0.25) is 0 Å². The van der Waals surface area contributed by atoms with Crippen molar-refractivity contribution in [3.05, 3.63) is 471 Å². The summed E-state index contributed by atoms with van der Waals surface area (Å²) in [6, 6.07) is 164. The number of nitrogens with zero attached hydrogens (tertiary/aromatic N) is 10. The maximum Gasteiger partial charge on any atom is 0.145 e. The van der Waals surface area contributed by atoms with Crippen LogP contribution in [0.3, 0.4) is 0 Å². The number of hydrogen-bond acceptors (Lipinski definition) is 7. The summed E-state index contributed by atoms with van der Waals surface area (Å²) in [7, 11) is 0. The normalized spacial score (nSPS) is 11.7. The molecule has 0 aliphatic carbocycles. The molecule has 0 unspecified atom stereocenters. The van der Waals surface area contributed by atoms with Crippen LogP contribution < -0.4 is 0 Å². The van der Waals surface area contributed by atoms with Gasteiger partial charge in [-0.15, -0.1) is 0 Å². The summed E-state index contributed by atoms with van der Waals surface area (Å²) in [6.07, 6.45) is 0. The van der Waals surface area contributed by atoms with Crippen LogP contribution in [0.2, 0.25) is 0 Å². The van der Waals surface area contributed by atoms with Crippen LogP contribution in [0, 0.1) is 45.3 Å². The molecule has 13 nitrogen and oxygen atoms in total. The average Bonchev–Trinajstić information content (AvgIpc) is 1.55. The minimum atomic E-state index is 0.580. The molecule has 0 spiro atoms. The van der Waals surface area contributed by atoms with Crippen molar-refractivity contribution < 1.29 is 13.3 Å². The van der Waals surface area contributed by atoms with Crippen molar-refractivity contribution in [2.75, 3.05) is 0 Å². The van der Waals surface area contributed by atoms with Crippen LogP contribution in [-0.4, -0.2) is 27.4 Å². The molecule has 0 amide bonds. The van der Waals surface area contributed by atoms with Crippen molar-refractivity contribution in [3.8, 4) is 91.8 Å². The number of rotatable bonds is 9. The lowest BCUT2D eigenvalue weighted by Gasteiger charge is -2.15. The summed E-state index contributed by atoms with van der Waals surface area (Å²) >= 11 is 0. The van der Waals surface area contributed by atoms with E-state index in [0.29, 0.717) is 22.3 Å². The van der Waals surface area contributed by atoms with Gasteiger partial charge in [-0.25, -0.2) is 0 Å². The fourth-order valence-electron chi connectivity index (χ4n) is 23.0. The van der Waals surface area contributed by atoms with E-state index >= 15 is 0 Å². The van der Waals surface area contributed by atoms with Gasteiger partial charge in [-0.1, -0.05) is 273 Å². The minimum Gasteiger partial charge on any atom is -0.455 e. The van der Waals surface area contributed by atoms with Crippen molar-refractivity contribution in [2.45, 2.75) is 0 Å². The van der Waals surface area contributed by atoms with Gasteiger partial charge in [0.25, 0.3) is 0 Å². The molecule has 0 fully saturated rings. The molecule has 0 saturated heterocycles. The third kappa shape index (κ3) is 12.2. The highest BCUT2D eigenvalue weighted by Gasteiger charge is 2.30. The molecule has 30 rings (SSSR count). The maximum atomic E-state index is 10.5. The Morgan fingerprint density at radius 1 is 0.161 bits per heavy atom. The molecule has 0 aliphatic rings. The number of furan rings is 3. The second-order valence-electron chi connectivity index (χ2n) is 36.3. The summed E-state index contributed by atoms with van der Waals surface area (Å²) in [4.78, 5) is 0. The second-order valence-corrected chi connectivity index (χ2v) is 36.3. The van der Waals surface area contributed by atoms with Crippen LogP contribution in [-0.2, 0) is 0 Å². The Morgan fingerprint density at radius 3 is 0.895 bits per heavy atom. The first kappa shape index (κ1) is 81.2. The van der Waals surface area contributed by atoms with E-state index in [9.17, 15) is 21.0 Å². The molecule has 30 aromatic rings. The molecule has 9 aromatic heterocycles. The number of nitriles is 4. The van der Waals surface area contributed by atoms with Gasteiger partial charge in [-0.3, -0.25) is 0 Å². The number of aromatic nitrogens is 6. The topological polar surface area (TPSA) is 164 Å². The lowest BCUT2D eigenvalue weighted by Crippen LogP contribution is -1.99. The van der Waals surface area contributed by atoms with E-state index in [-0.39, 0.29) is 0 Å². The molecule has 0 aliphatic heterocycles. The highest BCUT2D eigenvalue weighted by Crippen LogP contribution is 2.52. The molecule has 143 heavy (non-hydrogen) atoms. The molecule has 13 heteroatoms. The van der Waals surface area contributed by atoms with Gasteiger partial charge < -0.3 is 40.7 Å². The first-order valence-electron chi connectivity index (χ1n) is 47.7. The molecule has 21 aromatic carbocycles. The van der Waals surface area contributed by atoms with Gasteiger partial charge in [0.05, 0.1) is 146 Å². The van der Waals surface area contributed by atoms with Gasteiger partial charge in [-0.05, 0) is 176 Å². The molecule has 0 saturated carbocycles. The quantitative estimate of drug-likeness (QED) is 0.139. The lowest BCUT2D eigenvalue weighted by molar-refractivity contribution is 0.673. The zero-order chi connectivity index (χ0) is 94.8. The van der Waals surface area contributed by atoms with E-state index in [0.717, 1.165) is 243 Å². The van der Waals surface area contributed by atoms with E-state index in [2.05, 4.69) is 416 Å².